The van der Waals surface area contributed by atoms with E-state index in [2.05, 4.69) is 10.5 Å². The zero-order chi connectivity index (χ0) is 15.9. The van der Waals surface area contributed by atoms with Gasteiger partial charge in [-0.1, -0.05) is 23.7 Å². The third kappa shape index (κ3) is 3.99. The third-order valence-corrected chi connectivity index (χ3v) is 3.03. The number of carbonyl (C=O) groups excluding carboxylic acids is 1. The summed E-state index contributed by atoms with van der Waals surface area (Å²) in [5.41, 5.74) is 3.14. The zero-order valence-corrected chi connectivity index (χ0v) is 12.7. The number of hydrogen-bond acceptors (Lipinski definition) is 4. The fourth-order valence-electron chi connectivity index (χ4n) is 1.78. The van der Waals surface area contributed by atoms with Crippen LogP contribution in [0.25, 0.3) is 0 Å². The van der Waals surface area contributed by atoms with Crippen molar-refractivity contribution in [2.24, 2.45) is 5.10 Å². The van der Waals surface area contributed by atoms with Crippen molar-refractivity contribution in [1.82, 2.24) is 5.43 Å². The maximum atomic E-state index is 11.9. The molecule has 2 rings (SSSR count). The predicted molar refractivity (Wildman–Crippen MR) is 85.8 cm³/mol. The van der Waals surface area contributed by atoms with E-state index in [-0.39, 0.29) is 11.3 Å². The smallest absolute Gasteiger partial charge is 0.275 e. The lowest BCUT2D eigenvalue weighted by atomic mass is 10.2. The maximum Gasteiger partial charge on any atom is 0.275 e. The van der Waals surface area contributed by atoms with Gasteiger partial charge in [0.25, 0.3) is 5.91 Å². The van der Waals surface area contributed by atoms with Crippen LogP contribution < -0.4 is 10.2 Å². The van der Waals surface area contributed by atoms with Crippen LogP contribution in [0.15, 0.2) is 47.6 Å². The maximum absolute atomic E-state index is 11.9. The van der Waals surface area contributed by atoms with Gasteiger partial charge in [0.15, 0.2) is 0 Å². The first-order valence-corrected chi connectivity index (χ1v) is 7.03. The summed E-state index contributed by atoms with van der Waals surface area (Å²) < 4.78 is 5.45. The number of ether oxygens (including phenoxy) is 1. The summed E-state index contributed by atoms with van der Waals surface area (Å²) in [5.74, 6) is -0.0365. The van der Waals surface area contributed by atoms with E-state index < -0.39 is 5.91 Å². The number of benzene rings is 2. The molecule has 0 fully saturated rings. The minimum Gasteiger partial charge on any atom is -0.507 e. The van der Waals surface area contributed by atoms with Crippen LogP contribution in [0.4, 0.5) is 0 Å². The Balaban J connectivity index is 2.09. The lowest BCUT2D eigenvalue weighted by Gasteiger charge is -2.06. The highest BCUT2D eigenvalue weighted by molar-refractivity contribution is 6.31. The van der Waals surface area contributed by atoms with Gasteiger partial charge in [-0.25, -0.2) is 5.43 Å². The Hall–Kier alpha value is -2.53. The van der Waals surface area contributed by atoms with Crippen molar-refractivity contribution in [3.8, 4) is 11.5 Å². The molecule has 114 valence electrons. The van der Waals surface area contributed by atoms with Gasteiger partial charge in [-0.3, -0.25) is 4.79 Å². The van der Waals surface area contributed by atoms with Gasteiger partial charge in [-0.15, -0.1) is 0 Å². The molecule has 22 heavy (non-hydrogen) atoms. The van der Waals surface area contributed by atoms with Crippen LogP contribution in [0.1, 0.15) is 22.8 Å². The quantitative estimate of drug-likeness (QED) is 0.657. The lowest BCUT2D eigenvalue weighted by Crippen LogP contribution is -2.17. The topological polar surface area (TPSA) is 70.9 Å². The molecule has 0 aromatic heterocycles. The summed E-state index contributed by atoms with van der Waals surface area (Å²) in [6.07, 6.45) is 1.48. The summed E-state index contributed by atoms with van der Waals surface area (Å²) in [5, 5.41) is 13.9. The highest BCUT2D eigenvalue weighted by Crippen LogP contribution is 2.21. The number of nitrogens with zero attached hydrogens (tertiary/aromatic N) is 1. The van der Waals surface area contributed by atoms with Crippen LogP contribution in [0.5, 0.6) is 11.5 Å². The minimum atomic E-state index is -0.551. The fraction of sp³-hybridized carbons (Fsp3) is 0.125. The molecule has 0 bridgehead atoms. The average Bonchev–Trinajstić information content (AvgIpc) is 2.51. The summed E-state index contributed by atoms with van der Waals surface area (Å²) in [6, 6.07) is 11.5. The molecule has 0 unspecified atom stereocenters. The molecule has 0 spiro atoms. The number of hydrazone groups is 1. The molecule has 0 saturated carbocycles. The molecular weight excluding hydrogens is 304 g/mol. The number of para-hydroxylation sites is 1. The Bertz CT molecular complexity index is 702. The number of carbonyl (C=O) groups is 1. The van der Waals surface area contributed by atoms with Gasteiger partial charge in [-0.2, -0.15) is 5.10 Å². The summed E-state index contributed by atoms with van der Waals surface area (Å²) in [4.78, 5) is 11.9. The number of amides is 1. The second-order valence-electron chi connectivity index (χ2n) is 4.33. The van der Waals surface area contributed by atoms with Crippen molar-refractivity contribution in [3.63, 3.8) is 0 Å². The molecule has 2 N–H and O–H groups in total. The number of phenolic OH excluding ortho intramolecular Hbond substituents is 1. The van der Waals surface area contributed by atoms with E-state index >= 15 is 0 Å². The van der Waals surface area contributed by atoms with E-state index in [1.54, 1.807) is 0 Å². The Morgan fingerprint density at radius 2 is 2.14 bits per heavy atom. The first-order chi connectivity index (χ1) is 10.6. The summed E-state index contributed by atoms with van der Waals surface area (Å²) >= 11 is 5.80. The fourth-order valence-corrected chi connectivity index (χ4v) is 1.96. The number of hydrogen-bond donors (Lipinski definition) is 2. The zero-order valence-electron chi connectivity index (χ0n) is 11.9. The SMILES string of the molecule is CCOc1ccccc1C=NNC(=O)c1cc(Cl)ccc1O. The molecule has 0 heterocycles. The van der Waals surface area contributed by atoms with Crippen molar-refractivity contribution in [2.75, 3.05) is 6.61 Å². The van der Waals surface area contributed by atoms with Crippen molar-refractivity contribution in [3.05, 3.63) is 58.6 Å². The Kier molecular flexibility index (Phi) is 5.38. The van der Waals surface area contributed by atoms with Crippen LogP contribution in [-0.2, 0) is 0 Å². The Morgan fingerprint density at radius 1 is 1.36 bits per heavy atom. The predicted octanol–water partition coefficient (Wildman–Crippen LogP) is 3.21. The average molecular weight is 319 g/mol. The molecule has 2 aromatic carbocycles. The van der Waals surface area contributed by atoms with Gasteiger partial charge in [0.2, 0.25) is 0 Å². The largest absolute Gasteiger partial charge is 0.507 e. The molecule has 2 aromatic rings. The van der Waals surface area contributed by atoms with Gasteiger partial charge in [0.1, 0.15) is 11.5 Å². The third-order valence-electron chi connectivity index (χ3n) is 2.79. The molecule has 0 atom stereocenters. The van der Waals surface area contributed by atoms with Gasteiger partial charge in [-0.05, 0) is 37.3 Å². The number of rotatable bonds is 5. The first kappa shape index (κ1) is 15.9. The second-order valence-corrected chi connectivity index (χ2v) is 4.77. The molecule has 0 aliphatic heterocycles. The first-order valence-electron chi connectivity index (χ1n) is 6.65. The van der Waals surface area contributed by atoms with Crippen LogP contribution in [-0.4, -0.2) is 23.8 Å². The van der Waals surface area contributed by atoms with Crippen molar-refractivity contribution in [2.45, 2.75) is 6.92 Å². The molecule has 0 aliphatic carbocycles. The summed E-state index contributed by atoms with van der Waals surface area (Å²) in [6.45, 7) is 2.42. The molecule has 6 heteroatoms. The van der Waals surface area contributed by atoms with E-state index in [0.29, 0.717) is 17.4 Å². The Morgan fingerprint density at radius 3 is 2.91 bits per heavy atom. The van der Waals surface area contributed by atoms with Crippen molar-refractivity contribution < 1.29 is 14.6 Å². The number of aromatic hydroxyl groups is 1. The van der Waals surface area contributed by atoms with Crippen LogP contribution >= 0.6 is 11.6 Å². The highest BCUT2D eigenvalue weighted by Gasteiger charge is 2.10. The van der Waals surface area contributed by atoms with E-state index in [1.807, 2.05) is 31.2 Å². The number of halogens is 1. The van der Waals surface area contributed by atoms with Gasteiger partial charge < -0.3 is 9.84 Å². The minimum absolute atomic E-state index is 0.0581. The lowest BCUT2D eigenvalue weighted by molar-refractivity contribution is 0.0952. The normalized spacial score (nSPS) is 10.6. The number of phenols is 1. The molecule has 0 saturated heterocycles. The molecule has 0 radical (unpaired) electrons. The van der Waals surface area contributed by atoms with Crippen molar-refractivity contribution in [1.29, 1.82) is 0 Å². The van der Waals surface area contributed by atoms with Crippen LogP contribution in [0, 0.1) is 0 Å². The van der Waals surface area contributed by atoms with E-state index in [0.717, 1.165) is 5.56 Å². The molecule has 0 aliphatic rings. The molecule has 1 amide bonds. The molecule has 5 nitrogen and oxygen atoms in total. The standard InChI is InChI=1S/C16H15ClN2O3/c1-2-22-15-6-4-3-5-11(15)10-18-19-16(21)13-9-12(17)7-8-14(13)20/h3-10,20H,2H2,1H3,(H,19,21). The molecular formula is C16H15ClN2O3. The van der Waals surface area contributed by atoms with Crippen molar-refractivity contribution >= 4 is 23.7 Å². The van der Waals surface area contributed by atoms with E-state index in [9.17, 15) is 9.90 Å². The summed E-state index contributed by atoms with van der Waals surface area (Å²) in [7, 11) is 0. The van der Waals surface area contributed by atoms with Gasteiger partial charge >= 0.3 is 0 Å². The number of nitrogens with one attached hydrogen (secondary N) is 1. The van der Waals surface area contributed by atoms with E-state index in [1.165, 1.54) is 24.4 Å². The monoisotopic (exact) mass is 318 g/mol. The van der Waals surface area contributed by atoms with E-state index in [4.69, 9.17) is 16.3 Å². The van der Waals surface area contributed by atoms with Gasteiger partial charge in [0, 0.05) is 10.6 Å². The Labute approximate surface area is 133 Å². The second kappa shape index (κ2) is 7.47. The van der Waals surface area contributed by atoms with Crippen LogP contribution in [0.2, 0.25) is 5.02 Å². The highest BCUT2D eigenvalue weighted by atomic mass is 35.5. The van der Waals surface area contributed by atoms with Crippen LogP contribution in [0.3, 0.4) is 0 Å². The van der Waals surface area contributed by atoms with Gasteiger partial charge in [0.05, 0.1) is 18.4 Å².